The van der Waals surface area contributed by atoms with Crippen molar-refractivity contribution in [3.8, 4) is 5.75 Å². The fraction of sp³-hybridized carbons (Fsp3) is 0.455. The summed E-state index contributed by atoms with van der Waals surface area (Å²) in [7, 11) is 11.6. The second-order valence-electron chi connectivity index (χ2n) is 7.26. The number of thioether (sulfide) groups is 1. The van der Waals surface area contributed by atoms with Crippen molar-refractivity contribution in [3.05, 3.63) is 58.5 Å². The monoisotopic (exact) mass is 528 g/mol. The summed E-state index contributed by atoms with van der Waals surface area (Å²) in [6, 6.07) is 8.37. The number of nitrogens with zero attached hydrogens (tertiary/aromatic N) is 1. The normalized spacial score (nSPS) is 22.1. The van der Waals surface area contributed by atoms with Crippen molar-refractivity contribution >= 4 is 35.8 Å². The van der Waals surface area contributed by atoms with Crippen molar-refractivity contribution in [3.63, 3.8) is 0 Å². The van der Waals surface area contributed by atoms with E-state index in [1.54, 1.807) is 0 Å². The minimum atomic E-state index is -1.77. The van der Waals surface area contributed by atoms with E-state index < -0.39 is 13.5 Å². The number of allylic oxidation sites excluding steroid dienone is 3. The Bertz CT molecular complexity index is 744. The third kappa shape index (κ3) is 7.20. The van der Waals surface area contributed by atoms with E-state index in [9.17, 15) is 0 Å². The Morgan fingerprint density at radius 3 is 2.57 bits per heavy atom. The molecule has 28 heavy (non-hydrogen) atoms. The van der Waals surface area contributed by atoms with E-state index in [0.717, 1.165) is 17.2 Å². The summed E-state index contributed by atoms with van der Waals surface area (Å²) in [5, 5.41) is 0. The molecule has 1 aromatic rings. The number of halogens is 2. The van der Waals surface area contributed by atoms with Crippen molar-refractivity contribution in [2.45, 2.75) is 59.6 Å². The molecule has 6 heteroatoms. The Balaban J connectivity index is 0.000000200. The molecule has 0 bridgehead atoms. The molecule has 1 unspecified atom stereocenters. The van der Waals surface area contributed by atoms with Crippen LogP contribution in [0.25, 0.3) is 0 Å². The molecule has 0 aromatic heterocycles. The summed E-state index contributed by atoms with van der Waals surface area (Å²) in [5.41, 5.74) is 2.42. The SMILES string of the molecule is CC(C)Oc1ccccc1[CH]=[Ru]([Cl])[Cl].CC1=C(C)N([C@H]2C=CCCC2C)[CH-]S1. The van der Waals surface area contributed by atoms with Crippen LogP contribution in [0.4, 0.5) is 0 Å². The fourth-order valence-corrected chi connectivity index (χ4v) is 5.76. The van der Waals surface area contributed by atoms with Gasteiger partial charge in [-0.05, 0) is 43.2 Å². The van der Waals surface area contributed by atoms with Crippen molar-refractivity contribution in [1.82, 2.24) is 4.90 Å². The first-order valence-corrected chi connectivity index (χ1v) is 15.9. The van der Waals surface area contributed by atoms with E-state index in [-0.39, 0.29) is 6.10 Å². The second-order valence-corrected chi connectivity index (χ2v) is 14.0. The van der Waals surface area contributed by atoms with Gasteiger partial charge in [0, 0.05) is 6.04 Å². The maximum Gasteiger partial charge on any atom is 0.0219 e. The van der Waals surface area contributed by atoms with Gasteiger partial charge in [0.2, 0.25) is 0 Å². The van der Waals surface area contributed by atoms with Crippen molar-refractivity contribution < 1.29 is 18.3 Å². The smallest absolute Gasteiger partial charge is 0.0219 e. The van der Waals surface area contributed by atoms with Gasteiger partial charge in [0.15, 0.2) is 0 Å². The largest absolute Gasteiger partial charge is 0.510 e. The average Bonchev–Trinajstić information content (AvgIpc) is 2.96. The van der Waals surface area contributed by atoms with Gasteiger partial charge in [0.05, 0.1) is 0 Å². The summed E-state index contributed by atoms with van der Waals surface area (Å²) in [6.45, 7) is 10.8. The molecule has 1 heterocycles. The third-order valence-electron chi connectivity index (χ3n) is 4.73. The molecule has 1 aliphatic heterocycles. The molecule has 0 radical (unpaired) electrons. The zero-order valence-corrected chi connectivity index (χ0v) is 21.2. The summed E-state index contributed by atoms with van der Waals surface area (Å²) < 4.78 is 7.51. The topological polar surface area (TPSA) is 12.5 Å². The van der Waals surface area contributed by atoms with Gasteiger partial charge in [-0.1, -0.05) is 19.1 Å². The Morgan fingerprint density at radius 1 is 1.29 bits per heavy atom. The van der Waals surface area contributed by atoms with Gasteiger partial charge < -0.3 is 4.90 Å². The van der Waals surface area contributed by atoms with Crippen LogP contribution in [0.15, 0.2) is 47.0 Å². The summed E-state index contributed by atoms with van der Waals surface area (Å²) >= 11 is 0.0855. The summed E-state index contributed by atoms with van der Waals surface area (Å²) in [5.74, 6) is 3.89. The van der Waals surface area contributed by atoms with Crippen LogP contribution in [-0.4, -0.2) is 21.7 Å². The van der Waals surface area contributed by atoms with Gasteiger partial charge in [-0.25, -0.2) is 0 Å². The molecular weight excluding hydrogens is 498 g/mol. The predicted octanol–water partition coefficient (Wildman–Crippen LogP) is 7.31. The molecule has 158 valence electrons. The number of benzene rings is 1. The van der Waals surface area contributed by atoms with Crippen LogP contribution in [0.2, 0.25) is 0 Å². The van der Waals surface area contributed by atoms with E-state index in [2.05, 4.69) is 43.7 Å². The maximum atomic E-state index is 5.82. The van der Waals surface area contributed by atoms with Gasteiger partial charge >= 0.3 is 97.8 Å². The van der Waals surface area contributed by atoms with Gasteiger partial charge in [0.25, 0.3) is 0 Å². The van der Waals surface area contributed by atoms with Crippen LogP contribution in [0.5, 0.6) is 5.75 Å². The molecule has 1 aliphatic carbocycles. The van der Waals surface area contributed by atoms with Crippen LogP contribution >= 0.6 is 31.1 Å². The molecule has 0 spiro atoms. The Hall–Kier alpha value is -0.277. The van der Waals surface area contributed by atoms with E-state index in [0.29, 0.717) is 6.04 Å². The first kappa shape index (κ1) is 24.0. The molecule has 0 saturated heterocycles. The van der Waals surface area contributed by atoms with Crippen molar-refractivity contribution in [2.75, 3.05) is 0 Å². The van der Waals surface area contributed by atoms with E-state index in [1.165, 1.54) is 23.4 Å². The molecule has 2 atom stereocenters. The summed E-state index contributed by atoms with van der Waals surface area (Å²) in [6.07, 6.45) is 7.43. The van der Waals surface area contributed by atoms with Gasteiger partial charge in [-0.2, -0.15) is 5.88 Å². The van der Waals surface area contributed by atoms with Crippen molar-refractivity contribution in [1.29, 1.82) is 0 Å². The number of ether oxygens (including phenoxy) is 1. The van der Waals surface area contributed by atoms with Crippen LogP contribution in [0.1, 0.15) is 53.0 Å². The number of para-hydroxylation sites is 1. The molecule has 0 saturated carbocycles. The molecule has 0 amide bonds. The molecule has 1 aromatic carbocycles. The second kappa shape index (κ2) is 11.8. The first-order valence-electron chi connectivity index (χ1n) is 9.51. The number of hydrogen-bond donors (Lipinski definition) is 0. The molecule has 3 rings (SSSR count). The van der Waals surface area contributed by atoms with Gasteiger partial charge in [-0.3, -0.25) is 11.8 Å². The Labute approximate surface area is 187 Å². The number of hydrogen-bond acceptors (Lipinski definition) is 3. The molecule has 2 aliphatic rings. The van der Waals surface area contributed by atoms with Gasteiger partial charge in [-0.15, -0.1) is 0 Å². The quantitative estimate of drug-likeness (QED) is 0.231. The third-order valence-corrected chi connectivity index (χ3v) is 7.55. The molecule has 0 N–H and O–H groups in total. The zero-order valence-electron chi connectivity index (χ0n) is 17.1. The minimum Gasteiger partial charge on any atom is -0.510 e. The predicted molar refractivity (Wildman–Crippen MR) is 123 cm³/mol. The van der Waals surface area contributed by atoms with E-state index in [1.807, 2.05) is 54.5 Å². The van der Waals surface area contributed by atoms with E-state index >= 15 is 0 Å². The maximum absolute atomic E-state index is 5.82. The standard InChI is InChI=1S/C12H18NS.C10H12O.2ClH.Ru/c1-9-6-4-5-7-12(9)13-8-14-11(3)10(13)2;1-8(2)11-10-7-5-4-6-9(10)3;;;/h5,7-9,12H,4,6H2,1-3H3;3-8H,1-2H3;2*1H;/q-1;;;;+2/p-2/t9?,12-;;;;/m0..../s1. The van der Waals surface area contributed by atoms with Gasteiger partial charge in [0.1, 0.15) is 0 Å². The molecule has 0 fully saturated rings. The minimum absolute atomic E-state index is 0.163. The van der Waals surface area contributed by atoms with Crippen LogP contribution in [0, 0.1) is 11.8 Å². The Morgan fingerprint density at radius 2 is 2.00 bits per heavy atom. The average molecular weight is 529 g/mol. The number of rotatable bonds is 4. The van der Waals surface area contributed by atoms with Crippen LogP contribution in [0.3, 0.4) is 0 Å². The first-order chi connectivity index (χ1) is 13.3. The summed E-state index contributed by atoms with van der Waals surface area (Å²) in [4.78, 5) is 3.87. The molecular formula is C22H30Cl2NORuS-. The van der Waals surface area contributed by atoms with E-state index in [4.69, 9.17) is 24.1 Å². The van der Waals surface area contributed by atoms with Crippen molar-refractivity contribution in [2.24, 2.45) is 5.92 Å². The molecule has 2 nitrogen and oxygen atoms in total. The van der Waals surface area contributed by atoms with Crippen LogP contribution in [-0.2, 0) is 13.5 Å². The Kier molecular flexibility index (Phi) is 10.1. The van der Waals surface area contributed by atoms with Crippen LogP contribution < -0.4 is 4.74 Å². The zero-order chi connectivity index (χ0) is 20.7. The fourth-order valence-electron chi connectivity index (χ4n) is 3.11.